The van der Waals surface area contributed by atoms with Crippen LogP contribution in [0.25, 0.3) is 10.2 Å². The van der Waals surface area contributed by atoms with Crippen LogP contribution >= 0.6 is 11.3 Å². The van der Waals surface area contributed by atoms with E-state index in [2.05, 4.69) is 20.5 Å². The third-order valence-corrected chi connectivity index (χ3v) is 5.20. The van der Waals surface area contributed by atoms with Crippen molar-refractivity contribution in [3.8, 4) is 11.5 Å². The minimum atomic E-state index is -0.0624. The van der Waals surface area contributed by atoms with Gasteiger partial charge in [0.25, 0.3) is 0 Å². The fraction of sp³-hybridized carbons (Fsp3) is 0.0455. The van der Waals surface area contributed by atoms with Crippen LogP contribution < -0.4 is 5.43 Å². The van der Waals surface area contributed by atoms with Crippen molar-refractivity contribution < 1.29 is 10.2 Å². The first-order valence-corrected chi connectivity index (χ1v) is 9.72. The largest absolute Gasteiger partial charge is 0.508 e. The Morgan fingerprint density at radius 2 is 1.83 bits per heavy atom. The maximum Gasteiger partial charge on any atom is 0.183 e. The van der Waals surface area contributed by atoms with E-state index < -0.39 is 0 Å². The van der Waals surface area contributed by atoms with Crippen molar-refractivity contribution in [2.24, 2.45) is 10.1 Å². The number of nitrogens with one attached hydrogen (secondary N) is 1. The second-order valence-electron chi connectivity index (χ2n) is 6.40. The van der Waals surface area contributed by atoms with Gasteiger partial charge in [-0.3, -0.25) is 5.43 Å². The molecule has 0 spiro atoms. The molecule has 0 atom stereocenters. The summed E-state index contributed by atoms with van der Waals surface area (Å²) in [6, 6.07) is 20.0. The molecular weight excluding hydrogens is 384 g/mol. The third kappa shape index (κ3) is 4.41. The quantitative estimate of drug-likeness (QED) is 0.262. The first-order valence-electron chi connectivity index (χ1n) is 8.91. The second-order valence-corrected chi connectivity index (χ2v) is 7.43. The lowest BCUT2D eigenvalue weighted by Crippen LogP contribution is -2.18. The van der Waals surface area contributed by atoms with E-state index in [1.165, 1.54) is 29.7 Å². The molecule has 144 valence electrons. The van der Waals surface area contributed by atoms with Crippen LogP contribution in [0.15, 0.2) is 76.8 Å². The predicted molar refractivity (Wildman–Crippen MR) is 117 cm³/mol. The normalized spacial score (nSPS) is 12.0. The zero-order valence-electron chi connectivity index (χ0n) is 15.6. The Labute approximate surface area is 171 Å². The van der Waals surface area contributed by atoms with Crippen molar-refractivity contribution >= 4 is 39.3 Å². The van der Waals surface area contributed by atoms with Gasteiger partial charge in [-0.25, -0.2) is 9.98 Å². The average Bonchev–Trinajstić information content (AvgIpc) is 3.14. The highest BCUT2D eigenvalue weighted by Crippen LogP contribution is 2.24. The van der Waals surface area contributed by atoms with Gasteiger partial charge in [0, 0.05) is 11.6 Å². The molecule has 0 aliphatic carbocycles. The maximum atomic E-state index is 9.91. The van der Waals surface area contributed by atoms with E-state index >= 15 is 0 Å². The van der Waals surface area contributed by atoms with E-state index in [0.29, 0.717) is 16.4 Å². The number of nitrogens with zero attached hydrogens (tertiary/aromatic N) is 3. The van der Waals surface area contributed by atoms with Gasteiger partial charge in [0.15, 0.2) is 10.8 Å². The summed E-state index contributed by atoms with van der Waals surface area (Å²) < 4.78 is 1.06. The van der Waals surface area contributed by atoms with E-state index in [0.717, 1.165) is 21.5 Å². The van der Waals surface area contributed by atoms with Crippen LogP contribution in [0, 0.1) is 6.92 Å². The number of benzene rings is 3. The molecule has 0 unspecified atom stereocenters. The first kappa shape index (κ1) is 18.6. The zero-order chi connectivity index (χ0) is 20.2. The van der Waals surface area contributed by atoms with Gasteiger partial charge in [0.1, 0.15) is 11.5 Å². The summed E-state index contributed by atoms with van der Waals surface area (Å²) in [5, 5.41) is 24.2. The summed E-state index contributed by atoms with van der Waals surface area (Å²) in [5.41, 5.74) is 6.24. The molecule has 7 heteroatoms. The number of aryl methyl sites for hydroxylation is 1. The number of fused-ring (bicyclic) bond motifs is 1. The van der Waals surface area contributed by atoms with E-state index in [1.54, 1.807) is 6.07 Å². The van der Waals surface area contributed by atoms with E-state index in [-0.39, 0.29) is 11.5 Å². The summed E-state index contributed by atoms with van der Waals surface area (Å²) in [6.07, 6.45) is 1.47. The molecule has 3 N–H and O–H groups in total. The van der Waals surface area contributed by atoms with Gasteiger partial charge < -0.3 is 10.2 Å². The number of phenolic OH excluding ortho intramolecular Hbond substituents is 2. The topological polar surface area (TPSA) is 90.1 Å². The Morgan fingerprint density at radius 3 is 2.59 bits per heavy atom. The molecule has 29 heavy (non-hydrogen) atoms. The number of thiazole rings is 1. The summed E-state index contributed by atoms with van der Waals surface area (Å²) >= 11 is 1.52. The van der Waals surface area contributed by atoms with Crippen LogP contribution in [0.4, 0.5) is 5.69 Å². The maximum absolute atomic E-state index is 9.91. The van der Waals surface area contributed by atoms with Crippen molar-refractivity contribution in [1.29, 1.82) is 0 Å². The van der Waals surface area contributed by atoms with Crippen LogP contribution in [0.5, 0.6) is 11.5 Å². The fourth-order valence-electron chi connectivity index (χ4n) is 2.65. The SMILES string of the molecule is Cc1ccc(N=C(N/N=C/c2ccc(O)cc2O)c2nc3ccccc3s2)cc1. The van der Waals surface area contributed by atoms with Gasteiger partial charge in [-0.05, 0) is 43.3 Å². The molecule has 4 aromatic rings. The highest BCUT2D eigenvalue weighted by molar-refractivity contribution is 7.20. The van der Waals surface area contributed by atoms with E-state index in [4.69, 9.17) is 0 Å². The molecule has 0 amide bonds. The van der Waals surface area contributed by atoms with Crippen LogP contribution in [-0.4, -0.2) is 27.2 Å². The van der Waals surface area contributed by atoms with Crippen molar-refractivity contribution in [3.63, 3.8) is 0 Å². The number of aromatic hydroxyl groups is 2. The molecule has 0 bridgehead atoms. The van der Waals surface area contributed by atoms with Gasteiger partial charge in [-0.1, -0.05) is 29.8 Å². The fourth-order valence-corrected chi connectivity index (χ4v) is 3.55. The molecule has 1 aromatic heterocycles. The van der Waals surface area contributed by atoms with Gasteiger partial charge in [-0.2, -0.15) is 5.10 Å². The Kier molecular flexibility index (Phi) is 5.22. The van der Waals surface area contributed by atoms with Gasteiger partial charge in [0.05, 0.1) is 22.1 Å². The van der Waals surface area contributed by atoms with Gasteiger partial charge in [0.2, 0.25) is 0 Å². The molecule has 3 aromatic carbocycles. The number of aromatic nitrogens is 1. The van der Waals surface area contributed by atoms with Crippen LogP contribution in [0.3, 0.4) is 0 Å². The number of aliphatic imine (C=N–C) groups is 1. The highest BCUT2D eigenvalue weighted by Gasteiger charge is 2.10. The molecule has 0 aliphatic rings. The number of phenols is 2. The molecule has 0 saturated carbocycles. The van der Waals surface area contributed by atoms with Crippen molar-refractivity contribution in [3.05, 3.63) is 82.9 Å². The standard InChI is InChI=1S/C22H18N4O2S/c1-14-6-9-16(10-7-14)24-21(22-25-18-4-2-3-5-20(18)29-22)26-23-13-15-8-11-17(27)12-19(15)28/h2-13,27-28H,1H3,(H,24,26)/b23-13+. The third-order valence-electron chi connectivity index (χ3n) is 4.16. The van der Waals surface area contributed by atoms with E-state index in [1.807, 2.05) is 55.5 Å². The Hall–Kier alpha value is -3.71. The number of hydrogen-bond acceptors (Lipinski definition) is 6. The lowest BCUT2D eigenvalue weighted by molar-refractivity contribution is 0.450. The van der Waals surface area contributed by atoms with Gasteiger partial charge >= 0.3 is 0 Å². The van der Waals surface area contributed by atoms with Crippen molar-refractivity contribution in [1.82, 2.24) is 10.4 Å². The van der Waals surface area contributed by atoms with Crippen LogP contribution in [-0.2, 0) is 0 Å². The van der Waals surface area contributed by atoms with Crippen molar-refractivity contribution in [2.75, 3.05) is 0 Å². The highest BCUT2D eigenvalue weighted by atomic mass is 32.1. The Bertz CT molecular complexity index is 1180. The lowest BCUT2D eigenvalue weighted by Gasteiger charge is -2.04. The average molecular weight is 402 g/mol. The summed E-state index contributed by atoms with van der Waals surface area (Å²) in [6.45, 7) is 2.02. The number of amidine groups is 1. The Morgan fingerprint density at radius 1 is 1.03 bits per heavy atom. The lowest BCUT2D eigenvalue weighted by atomic mass is 10.2. The van der Waals surface area contributed by atoms with Crippen LogP contribution in [0.2, 0.25) is 0 Å². The molecular formula is C22H18N4O2S. The van der Waals surface area contributed by atoms with Crippen molar-refractivity contribution in [2.45, 2.75) is 6.92 Å². The molecule has 0 radical (unpaired) electrons. The summed E-state index contributed by atoms with van der Waals surface area (Å²) in [7, 11) is 0. The molecule has 0 aliphatic heterocycles. The first-order chi connectivity index (χ1) is 14.1. The minimum Gasteiger partial charge on any atom is -0.508 e. The summed E-state index contributed by atoms with van der Waals surface area (Å²) in [4.78, 5) is 9.32. The number of hydrazone groups is 1. The minimum absolute atomic E-state index is 0.0105. The number of hydrogen-bond donors (Lipinski definition) is 3. The van der Waals surface area contributed by atoms with Crippen LogP contribution in [0.1, 0.15) is 16.1 Å². The number of rotatable bonds is 4. The molecule has 4 rings (SSSR count). The second kappa shape index (κ2) is 8.12. The molecule has 0 saturated heterocycles. The number of para-hydroxylation sites is 1. The Balaban J connectivity index is 1.67. The molecule has 1 heterocycles. The smallest absolute Gasteiger partial charge is 0.183 e. The molecule has 0 fully saturated rings. The van der Waals surface area contributed by atoms with E-state index in [9.17, 15) is 10.2 Å². The monoisotopic (exact) mass is 402 g/mol. The molecule has 6 nitrogen and oxygen atoms in total. The van der Waals surface area contributed by atoms with Gasteiger partial charge in [-0.15, -0.1) is 11.3 Å². The predicted octanol–water partition coefficient (Wildman–Crippen LogP) is 4.72. The summed E-state index contributed by atoms with van der Waals surface area (Å²) in [5.74, 6) is 0.431. The zero-order valence-corrected chi connectivity index (χ0v) is 16.4.